The minimum absolute atomic E-state index is 0.0542. The Morgan fingerprint density at radius 2 is 2.06 bits per heavy atom. The maximum Gasteiger partial charge on any atom is 0.317 e. The van der Waals surface area contributed by atoms with Crippen LogP contribution in [0.15, 0.2) is 0 Å². The van der Waals surface area contributed by atoms with E-state index in [1.165, 1.54) is 6.92 Å². The van der Waals surface area contributed by atoms with Crippen molar-refractivity contribution in [3.8, 4) is 0 Å². The summed E-state index contributed by atoms with van der Waals surface area (Å²) in [5.74, 6) is -1.08. The van der Waals surface area contributed by atoms with Gasteiger partial charge in [-0.25, -0.2) is 4.79 Å². The summed E-state index contributed by atoms with van der Waals surface area (Å²) < 4.78 is 0. The van der Waals surface area contributed by atoms with Gasteiger partial charge in [0, 0.05) is 19.1 Å². The van der Waals surface area contributed by atoms with Crippen molar-refractivity contribution < 1.29 is 19.8 Å². The van der Waals surface area contributed by atoms with Crippen LogP contribution < -0.4 is 5.32 Å². The van der Waals surface area contributed by atoms with Crippen LogP contribution in [0.5, 0.6) is 0 Å². The molecular weight excluding hydrogens is 224 g/mol. The number of nitrogens with zero attached hydrogens (tertiary/aromatic N) is 1. The topological polar surface area (TPSA) is 89.9 Å². The molecule has 0 aromatic rings. The molecule has 1 rings (SSSR count). The van der Waals surface area contributed by atoms with Crippen LogP contribution in [-0.2, 0) is 4.79 Å². The third-order valence-corrected chi connectivity index (χ3v) is 2.74. The fourth-order valence-electron chi connectivity index (χ4n) is 1.71. The molecular formula is C11H20N2O4. The minimum Gasteiger partial charge on any atom is -0.481 e. The Morgan fingerprint density at radius 1 is 1.47 bits per heavy atom. The molecule has 1 atom stereocenters. The average molecular weight is 244 g/mol. The lowest BCUT2D eigenvalue weighted by Crippen LogP contribution is -2.48. The molecule has 0 aliphatic heterocycles. The van der Waals surface area contributed by atoms with Crippen LogP contribution in [0.3, 0.4) is 0 Å². The lowest BCUT2D eigenvalue weighted by Gasteiger charge is -2.25. The molecule has 3 N–H and O–H groups in total. The highest BCUT2D eigenvalue weighted by Crippen LogP contribution is 2.26. The van der Waals surface area contributed by atoms with Crippen LogP contribution in [0.1, 0.15) is 33.1 Å². The Morgan fingerprint density at radius 3 is 2.47 bits per heavy atom. The van der Waals surface area contributed by atoms with E-state index in [9.17, 15) is 14.7 Å². The number of amides is 2. The summed E-state index contributed by atoms with van der Waals surface area (Å²) in [5.41, 5.74) is -1.41. The highest BCUT2D eigenvalue weighted by Gasteiger charge is 2.32. The Labute approximate surface area is 101 Å². The molecule has 0 radical (unpaired) electrons. The van der Waals surface area contributed by atoms with Crippen LogP contribution in [0.2, 0.25) is 0 Å². The molecule has 1 unspecified atom stereocenters. The van der Waals surface area contributed by atoms with Gasteiger partial charge in [-0.15, -0.1) is 0 Å². The van der Waals surface area contributed by atoms with E-state index in [1.807, 2.05) is 6.92 Å². The van der Waals surface area contributed by atoms with Gasteiger partial charge in [0.1, 0.15) is 0 Å². The molecule has 6 nitrogen and oxygen atoms in total. The number of hydrogen-bond acceptors (Lipinski definition) is 3. The van der Waals surface area contributed by atoms with Crippen LogP contribution in [-0.4, -0.2) is 51.8 Å². The number of rotatable bonds is 6. The van der Waals surface area contributed by atoms with Crippen LogP contribution in [0, 0.1) is 0 Å². The van der Waals surface area contributed by atoms with Gasteiger partial charge in [-0.3, -0.25) is 4.79 Å². The van der Waals surface area contributed by atoms with Gasteiger partial charge in [-0.05, 0) is 26.7 Å². The van der Waals surface area contributed by atoms with Crippen molar-refractivity contribution >= 4 is 12.0 Å². The van der Waals surface area contributed by atoms with Gasteiger partial charge in [-0.2, -0.15) is 0 Å². The predicted molar refractivity (Wildman–Crippen MR) is 61.7 cm³/mol. The van der Waals surface area contributed by atoms with Gasteiger partial charge < -0.3 is 20.4 Å². The van der Waals surface area contributed by atoms with Crippen molar-refractivity contribution in [2.24, 2.45) is 0 Å². The van der Waals surface area contributed by atoms with Gasteiger partial charge >= 0.3 is 12.0 Å². The number of aliphatic hydroxyl groups is 1. The Kier molecular flexibility index (Phi) is 4.34. The van der Waals surface area contributed by atoms with Crippen molar-refractivity contribution in [2.75, 3.05) is 13.1 Å². The van der Waals surface area contributed by atoms with Gasteiger partial charge in [0.05, 0.1) is 12.0 Å². The van der Waals surface area contributed by atoms with Gasteiger partial charge in [0.2, 0.25) is 0 Å². The SMILES string of the molecule is CCN(C(=O)NCC(C)(O)CC(=O)O)C1CC1. The fraction of sp³-hybridized carbons (Fsp3) is 0.818. The largest absolute Gasteiger partial charge is 0.481 e. The summed E-state index contributed by atoms with van der Waals surface area (Å²) in [6.07, 6.45) is 1.66. The quantitative estimate of drug-likeness (QED) is 0.631. The molecule has 0 spiro atoms. The standard InChI is InChI=1S/C11H20N2O4/c1-3-13(8-4-5-8)10(16)12-7-11(2,17)6-9(14)15/h8,17H,3-7H2,1-2H3,(H,12,16)(H,14,15). The smallest absolute Gasteiger partial charge is 0.317 e. The second-order valence-electron chi connectivity index (χ2n) is 4.74. The number of nitrogens with one attached hydrogen (secondary N) is 1. The molecule has 0 aromatic carbocycles. The molecule has 0 heterocycles. The minimum atomic E-state index is -1.41. The van der Waals surface area contributed by atoms with E-state index in [1.54, 1.807) is 4.90 Å². The molecule has 2 amide bonds. The van der Waals surface area contributed by atoms with Crippen molar-refractivity contribution in [3.63, 3.8) is 0 Å². The molecule has 1 saturated carbocycles. The van der Waals surface area contributed by atoms with Crippen LogP contribution in [0.4, 0.5) is 4.79 Å². The molecule has 1 fully saturated rings. The van der Waals surface area contributed by atoms with E-state index in [-0.39, 0.29) is 19.0 Å². The fourth-order valence-corrected chi connectivity index (χ4v) is 1.71. The summed E-state index contributed by atoms with van der Waals surface area (Å²) in [4.78, 5) is 23.9. The van der Waals surface area contributed by atoms with Gasteiger partial charge in [0.25, 0.3) is 0 Å². The second-order valence-corrected chi connectivity index (χ2v) is 4.74. The van der Waals surface area contributed by atoms with E-state index < -0.39 is 11.6 Å². The maximum atomic E-state index is 11.7. The summed E-state index contributed by atoms with van der Waals surface area (Å²) in [5, 5.41) is 20.9. The zero-order chi connectivity index (χ0) is 13.1. The lowest BCUT2D eigenvalue weighted by atomic mass is 10.0. The highest BCUT2D eigenvalue weighted by atomic mass is 16.4. The van der Waals surface area contributed by atoms with Crippen molar-refractivity contribution in [2.45, 2.75) is 44.8 Å². The van der Waals surface area contributed by atoms with Crippen LogP contribution >= 0.6 is 0 Å². The average Bonchev–Trinajstić information content (AvgIpc) is 2.98. The molecule has 0 saturated heterocycles. The van der Waals surface area contributed by atoms with Crippen molar-refractivity contribution in [1.29, 1.82) is 0 Å². The van der Waals surface area contributed by atoms with E-state index in [0.29, 0.717) is 12.6 Å². The Hall–Kier alpha value is -1.30. The van der Waals surface area contributed by atoms with E-state index in [2.05, 4.69) is 5.32 Å². The monoisotopic (exact) mass is 244 g/mol. The molecule has 1 aliphatic carbocycles. The van der Waals surface area contributed by atoms with E-state index in [4.69, 9.17) is 5.11 Å². The third-order valence-electron chi connectivity index (χ3n) is 2.74. The first kappa shape index (κ1) is 13.8. The first-order valence-electron chi connectivity index (χ1n) is 5.84. The number of carboxylic acids is 1. The Bertz CT molecular complexity index is 300. The first-order chi connectivity index (χ1) is 7.85. The molecule has 0 bridgehead atoms. The molecule has 17 heavy (non-hydrogen) atoms. The van der Waals surface area contributed by atoms with E-state index in [0.717, 1.165) is 12.8 Å². The number of urea groups is 1. The lowest BCUT2D eigenvalue weighted by molar-refractivity contribution is -0.141. The number of carbonyl (C=O) groups is 2. The molecule has 1 aliphatic rings. The number of hydrogen-bond donors (Lipinski definition) is 3. The van der Waals surface area contributed by atoms with Gasteiger partial charge in [0.15, 0.2) is 0 Å². The first-order valence-corrected chi connectivity index (χ1v) is 5.84. The molecule has 0 aromatic heterocycles. The maximum absolute atomic E-state index is 11.7. The third kappa shape index (κ3) is 4.60. The summed E-state index contributed by atoms with van der Waals surface area (Å²) in [6.45, 7) is 3.86. The second kappa shape index (κ2) is 5.35. The van der Waals surface area contributed by atoms with Crippen LogP contribution in [0.25, 0.3) is 0 Å². The summed E-state index contributed by atoms with van der Waals surface area (Å²) in [6, 6.07) is 0.0742. The van der Waals surface area contributed by atoms with E-state index >= 15 is 0 Å². The zero-order valence-electron chi connectivity index (χ0n) is 10.3. The molecule has 6 heteroatoms. The normalized spacial score (nSPS) is 18.3. The molecule has 98 valence electrons. The zero-order valence-corrected chi connectivity index (χ0v) is 10.3. The van der Waals surface area contributed by atoms with Crippen molar-refractivity contribution in [1.82, 2.24) is 10.2 Å². The van der Waals surface area contributed by atoms with Gasteiger partial charge in [-0.1, -0.05) is 0 Å². The number of carboxylic acid groups (broad SMARTS) is 1. The van der Waals surface area contributed by atoms with Crippen molar-refractivity contribution in [3.05, 3.63) is 0 Å². The predicted octanol–water partition coefficient (Wildman–Crippen LogP) is 0.406. The Balaban J connectivity index is 2.38. The highest BCUT2D eigenvalue weighted by molar-refractivity contribution is 5.75. The number of carbonyl (C=O) groups excluding carboxylic acids is 1. The summed E-state index contributed by atoms with van der Waals surface area (Å²) in [7, 11) is 0. The summed E-state index contributed by atoms with van der Waals surface area (Å²) >= 11 is 0. The number of aliphatic carboxylic acids is 1.